The van der Waals surface area contributed by atoms with Crippen LogP contribution in [0.25, 0.3) is 0 Å². The minimum Gasteiger partial charge on any atom is -0.444 e. The Balaban J connectivity index is 2.36. The third-order valence-electron chi connectivity index (χ3n) is 2.88. The lowest BCUT2D eigenvalue weighted by Crippen LogP contribution is -2.19. The number of hydrogen-bond donors (Lipinski definition) is 1. The lowest BCUT2D eigenvalue weighted by Gasteiger charge is -2.06. The van der Waals surface area contributed by atoms with Gasteiger partial charge in [0.25, 0.3) is 0 Å². The van der Waals surface area contributed by atoms with Crippen LogP contribution in [0.1, 0.15) is 64.5 Å². The van der Waals surface area contributed by atoms with E-state index >= 15 is 0 Å². The van der Waals surface area contributed by atoms with Crippen molar-refractivity contribution in [2.75, 3.05) is 6.54 Å². The molecule has 0 saturated carbocycles. The van der Waals surface area contributed by atoms with Crippen LogP contribution in [0.4, 0.5) is 0 Å². The molecule has 98 valence electrons. The van der Waals surface area contributed by atoms with Gasteiger partial charge in [0.05, 0.1) is 12.7 Å². The first-order chi connectivity index (χ1) is 8.13. The van der Waals surface area contributed by atoms with Crippen molar-refractivity contribution in [1.82, 2.24) is 10.3 Å². The number of hydrogen-bond acceptors (Lipinski definition) is 3. The summed E-state index contributed by atoms with van der Waals surface area (Å²) in [5.41, 5.74) is 0. The summed E-state index contributed by atoms with van der Waals surface area (Å²) in [6.45, 7) is 10.6. The van der Waals surface area contributed by atoms with E-state index in [0.29, 0.717) is 11.8 Å². The first kappa shape index (κ1) is 14.2. The molecule has 3 nitrogen and oxygen atoms in total. The highest BCUT2D eigenvalue weighted by Gasteiger charge is 2.11. The SMILES string of the molecule is CCCCC(C)c1cnc(CNCC(C)C)o1. The maximum atomic E-state index is 5.75. The van der Waals surface area contributed by atoms with Crippen molar-refractivity contribution in [3.05, 3.63) is 17.8 Å². The van der Waals surface area contributed by atoms with Gasteiger partial charge in [-0.25, -0.2) is 4.98 Å². The summed E-state index contributed by atoms with van der Waals surface area (Å²) < 4.78 is 5.75. The zero-order chi connectivity index (χ0) is 12.7. The van der Waals surface area contributed by atoms with Gasteiger partial charge in [-0.15, -0.1) is 0 Å². The minimum atomic E-state index is 0.487. The van der Waals surface area contributed by atoms with E-state index in [1.807, 2.05) is 6.20 Å². The Morgan fingerprint density at radius 1 is 1.35 bits per heavy atom. The molecule has 17 heavy (non-hydrogen) atoms. The smallest absolute Gasteiger partial charge is 0.208 e. The van der Waals surface area contributed by atoms with Crippen molar-refractivity contribution in [3.8, 4) is 0 Å². The summed E-state index contributed by atoms with van der Waals surface area (Å²) >= 11 is 0. The van der Waals surface area contributed by atoms with Gasteiger partial charge in [-0.05, 0) is 18.9 Å². The van der Waals surface area contributed by atoms with Gasteiger partial charge in [-0.1, -0.05) is 40.5 Å². The van der Waals surface area contributed by atoms with E-state index < -0.39 is 0 Å². The fourth-order valence-electron chi connectivity index (χ4n) is 1.75. The minimum absolute atomic E-state index is 0.487. The van der Waals surface area contributed by atoms with Crippen LogP contribution in [-0.2, 0) is 6.54 Å². The van der Waals surface area contributed by atoms with Gasteiger partial charge in [-0.3, -0.25) is 0 Å². The second-order valence-electron chi connectivity index (χ2n) is 5.22. The normalized spacial score (nSPS) is 13.2. The van der Waals surface area contributed by atoms with Crippen molar-refractivity contribution >= 4 is 0 Å². The standard InChI is InChI=1S/C14H26N2O/c1-5-6-7-12(4)13-9-16-14(17-13)10-15-8-11(2)3/h9,11-12,15H,5-8,10H2,1-4H3. The molecule has 0 bridgehead atoms. The molecule has 1 rings (SSSR count). The predicted molar refractivity (Wildman–Crippen MR) is 71.0 cm³/mol. The van der Waals surface area contributed by atoms with E-state index in [2.05, 4.69) is 38.0 Å². The highest BCUT2D eigenvalue weighted by atomic mass is 16.4. The van der Waals surface area contributed by atoms with Crippen LogP contribution in [0.15, 0.2) is 10.6 Å². The monoisotopic (exact) mass is 238 g/mol. The van der Waals surface area contributed by atoms with E-state index in [1.54, 1.807) is 0 Å². The number of nitrogens with one attached hydrogen (secondary N) is 1. The molecule has 1 aromatic rings. The third kappa shape index (κ3) is 5.35. The van der Waals surface area contributed by atoms with E-state index in [9.17, 15) is 0 Å². The average Bonchev–Trinajstić information content (AvgIpc) is 2.74. The first-order valence-electron chi connectivity index (χ1n) is 6.78. The summed E-state index contributed by atoms with van der Waals surface area (Å²) in [4.78, 5) is 4.31. The Hall–Kier alpha value is -0.830. The highest BCUT2D eigenvalue weighted by molar-refractivity contribution is 5.00. The predicted octanol–water partition coefficient (Wildman–Crippen LogP) is 3.71. The van der Waals surface area contributed by atoms with Gasteiger partial charge in [0.1, 0.15) is 5.76 Å². The molecule has 1 heterocycles. The van der Waals surface area contributed by atoms with E-state index in [1.165, 1.54) is 19.3 Å². The average molecular weight is 238 g/mol. The Bertz CT molecular complexity index is 307. The molecule has 0 aliphatic carbocycles. The lowest BCUT2D eigenvalue weighted by atomic mass is 10.0. The Morgan fingerprint density at radius 2 is 2.12 bits per heavy atom. The largest absolute Gasteiger partial charge is 0.444 e. The van der Waals surface area contributed by atoms with Crippen LogP contribution in [0.5, 0.6) is 0 Å². The number of aromatic nitrogens is 1. The molecule has 0 radical (unpaired) electrons. The molecule has 0 saturated heterocycles. The molecule has 0 aliphatic rings. The van der Waals surface area contributed by atoms with Crippen LogP contribution in [0.2, 0.25) is 0 Å². The van der Waals surface area contributed by atoms with Crippen LogP contribution >= 0.6 is 0 Å². The third-order valence-corrected chi connectivity index (χ3v) is 2.88. The van der Waals surface area contributed by atoms with Crippen molar-refractivity contribution in [3.63, 3.8) is 0 Å². The molecule has 1 atom stereocenters. The zero-order valence-corrected chi connectivity index (χ0v) is 11.6. The van der Waals surface area contributed by atoms with Crippen LogP contribution in [-0.4, -0.2) is 11.5 Å². The Labute approximate surface area is 105 Å². The van der Waals surface area contributed by atoms with E-state index in [0.717, 1.165) is 24.7 Å². The van der Waals surface area contributed by atoms with Crippen LogP contribution < -0.4 is 5.32 Å². The summed E-state index contributed by atoms with van der Waals surface area (Å²) in [6.07, 6.45) is 5.56. The number of unbranched alkanes of at least 4 members (excludes halogenated alkanes) is 1. The summed E-state index contributed by atoms with van der Waals surface area (Å²) in [6, 6.07) is 0. The second-order valence-corrected chi connectivity index (χ2v) is 5.22. The summed E-state index contributed by atoms with van der Waals surface area (Å²) in [5.74, 6) is 2.98. The van der Waals surface area contributed by atoms with Crippen LogP contribution in [0, 0.1) is 5.92 Å². The molecule has 0 spiro atoms. The maximum absolute atomic E-state index is 5.75. The topological polar surface area (TPSA) is 38.1 Å². The van der Waals surface area contributed by atoms with Gasteiger partial charge < -0.3 is 9.73 Å². The van der Waals surface area contributed by atoms with Gasteiger partial charge in [0.2, 0.25) is 5.89 Å². The van der Waals surface area contributed by atoms with Gasteiger partial charge in [-0.2, -0.15) is 0 Å². The van der Waals surface area contributed by atoms with Gasteiger partial charge in [0, 0.05) is 5.92 Å². The van der Waals surface area contributed by atoms with Crippen molar-refractivity contribution < 1.29 is 4.42 Å². The molecule has 1 N–H and O–H groups in total. The maximum Gasteiger partial charge on any atom is 0.208 e. The molecular weight excluding hydrogens is 212 g/mol. The fourth-order valence-corrected chi connectivity index (χ4v) is 1.75. The van der Waals surface area contributed by atoms with Crippen LogP contribution in [0.3, 0.4) is 0 Å². The van der Waals surface area contributed by atoms with Crippen molar-refractivity contribution in [2.45, 2.75) is 59.4 Å². The molecule has 0 aliphatic heterocycles. The molecule has 0 amide bonds. The number of rotatable bonds is 8. The molecule has 3 heteroatoms. The summed E-state index contributed by atoms with van der Waals surface area (Å²) in [5, 5.41) is 3.34. The van der Waals surface area contributed by atoms with E-state index in [4.69, 9.17) is 4.42 Å². The Kier molecular flexibility index (Phi) is 6.27. The quantitative estimate of drug-likeness (QED) is 0.750. The fraction of sp³-hybridized carbons (Fsp3) is 0.786. The molecule has 1 aromatic heterocycles. The highest BCUT2D eigenvalue weighted by Crippen LogP contribution is 2.21. The van der Waals surface area contributed by atoms with Crippen molar-refractivity contribution in [2.24, 2.45) is 5.92 Å². The molecule has 0 aromatic carbocycles. The van der Waals surface area contributed by atoms with E-state index in [-0.39, 0.29) is 0 Å². The Morgan fingerprint density at radius 3 is 2.76 bits per heavy atom. The molecule has 0 fully saturated rings. The number of nitrogens with zero attached hydrogens (tertiary/aromatic N) is 1. The van der Waals surface area contributed by atoms with Gasteiger partial charge in [0.15, 0.2) is 0 Å². The lowest BCUT2D eigenvalue weighted by molar-refractivity contribution is 0.400. The number of oxazole rings is 1. The first-order valence-corrected chi connectivity index (χ1v) is 6.78. The zero-order valence-electron chi connectivity index (χ0n) is 11.6. The summed E-state index contributed by atoms with van der Waals surface area (Å²) in [7, 11) is 0. The second kappa shape index (κ2) is 7.49. The van der Waals surface area contributed by atoms with Gasteiger partial charge >= 0.3 is 0 Å². The molecule has 1 unspecified atom stereocenters. The molecular formula is C14H26N2O. The van der Waals surface area contributed by atoms with Crippen molar-refractivity contribution in [1.29, 1.82) is 0 Å².